The summed E-state index contributed by atoms with van der Waals surface area (Å²) in [5, 5.41) is 13.0. The zero-order chi connectivity index (χ0) is 16.3. The second-order valence-electron chi connectivity index (χ2n) is 5.55. The van der Waals surface area contributed by atoms with Crippen LogP contribution in [0, 0.1) is 0 Å². The SMILES string of the molecule is O=S(=O)(c1ccc(NCC(O)c2ccco2)cc1)N1CCCC1. The molecule has 124 valence electrons. The first-order chi connectivity index (χ1) is 11.1. The molecular weight excluding hydrogens is 316 g/mol. The lowest BCUT2D eigenvalue weighted by atomic mass is 10.2. The number of rotatable bonds is 6. The molecule has 0 spiro atoms. The first kappa shape index (κ1) is 16.0. The molecule has 23 heavy (non-hydrogen) atoms. The van der Waals surface area contributed by atoms with Crippen molar-refractivity contribution in [3.8, 4) is 0 Å². The van der Waals surface area contributed by atoms with Crippen molar-refractivity contribution in [2.24, 2.45) is 0 Å². The molecule has 1 aliphatic rings. The molecule has 1 aliphatic heterocycles. The molecule has 1 saturated heterocycles. The Bertz CT molecular complexity index is 720. The van der Waals surface area contributed by atoms with Crippen LogP contribution in [0.4, 0.5) is 5.69 Å². The highest BCUT2D eigenvalue weighted by atomic mass is 32.2. The van der Waals surface area contributed by atoms with Gasteiger partial charge in [0, 0.05) is 25.3 Å². The zero-order valence-corrected chi connectivity index (χ0v) is 13.5. The number of nitrogens with zero attached hydrogens (tertiary/aromatic N) is 1. The molecule has 7 heteroatoms. The van der Waals surface area contributed by atoms with E-state index in [1.165, 1.54) is 10.6 Å². The largest absolute Gasteiger partial charge is 0.467 e. The number of aliphatic hydroxyl groups excluding tert-OH is 1. The van der Waals surface area contributed by atoms with Gasteiger partial charge in [-0.05, 0) is 49.2 Å². The summed E-state index contributed by atoms with van der Waals surface area (Å²) in [6.07, 6.45) is 2.60. The van der Waals surface area contributed by atoms with Gasteiger partial charge >= 0.3 is 0 Å². The first-order valence-electron chi connectivity index (χ1n) is 7.63. The minimum atomic E-state index is -3.38. The van der Waals surface area contributed by atoms with Crippen molar-refractivity contribution in [2.75, 3.05) is 25.0 Å². The van der Waals surface area contributed by atoms with Crippen LogP contribution in [0.15, 0.2) is 52.0 Å². The Hall–Kier alpha value is -1.83. The molecule has 0 amide bonds. The zero-order valence-electron chi connectivity index (χ0n) is 12.7. The molecule has 0 aliphatic carbocycles. The quantitative estimate of drug-likeness (QED) is 0.845. The van der Waals surface area contributed by atoms with Crippen molar-refractivity contribution in [3.63, 3.8) is 0 Å². The number of aliphatic hydroxyl groups is 1. The predicted octanol–water partition coefficient (Wildman–Crippen LogP) is 2.21. The van der Waals surface area contributed by atoms with Crippen LogP contribution >= 0.6 is 0 Å². The summed E-state index contributed by atoms with van der Waals surface area (Å²) in [5.74, 6) is 0.491. The smallest absolute Gasteiger partial charge is 0.243 e. The highest BCUT2D eigenvalue weighted by Crippen LogP contribution is 2.22. The highest BCUT2D eigenvalue weighted by molar-refractivity contribution is 7.89. The molecule has 1 atom stereocenters. The second kappa shape index (κ2) is 6.74. The molecule has 2 aromatic rings. The van der Waals surface area contributed by atoms with Crippen LogP contribution in [0.25, 0.3) is 0 Å². The maximum atomic E-state index is 12.4. The molecule has 1 aromatic carbocycles. The number of benzene rings is 1. The number of furan rings is 1. The molecule has 0 bridgehead atoms. The average Bonchev–Trinajstić information content (AvgIpc) is 3.25. The number of hydrogen-bond acceptors (Lipinski definition) is 5. The van der Waals surface area contributed by atoms with Crippen molar-refractivity contribution < 1.29 is 17.9 Å². The number of anilines is 1. The van der Waals surface area contributed by atoms with Crippen LogP contribution in [0.2, 0.25) is 0 Å². The summed E-state index contributed by atoms with van der Waals surface area (Å²) < 4.78 is 31.5. The van der Waals surface area contributed by atoms with E-state index in [0.29, 0.717) is 23.7 Å². The molecule has 1 unspecified atom stereocenters. The molecule has 1 aromatic heterocycles. The summed E-state index contributed by atoms with van der Waals surface area (Å²) >= 11 is 0. The summed E-state index contributed by atoms with van der Waals surface area (Å²) in [4.78, 5) is 0.302. The van der Waals surface area contributed by atoms with E-state index in [9.17, 15) is 13.5 Å². The summed E-state index contributed by atoms with van der Waals surface area (Å²) in [5.41, 5.74) is 0.746. The van der Waals surface area contributed by atoms with Crippen LogP contribution in [0.3, 0.4) is 0 Å². The van der Waals surface area contributed by atoms with E-state index < -0.39 is 16.1 Å². The van der Waals surface area contributed by atoms with E-state index in [-0.39, 0.29) is 6.54 Å². The second-order valence-corrected chi connectivity index (χ2v) is 7.49. The van der Waals surface area contributed by atoms with Crippen LogP contribution in [0.5, 0.6) is 0 Å². The number of sulfonamides is 1. The van der Waals surface area contributed by atoms with E-state index in [0.717, 1.165) is 18.5 Å². The van der Waals surface area contributed by atoms with Crippen LogP contribution in [0.1, 0.15) is 24.7 Å². The fourth-order valence-corrected chi connectivity index (χ4v) is 4.14. The van der Waals surface area contributed by atoms with Gasteiger partial charge in [-0.3, -0.25) is 0 Å². The van der Waals surface area contributed by atoms with Gasteiger partial charge in [0.15, 0.2) is 0 Å². The molecule has 0 radical (unpaired) electrons. The Balaban J connectivity index is 1.63. The lowest BCUT2D eigenvalue weighted by Crippen LogP contribution is -2.27. The lowest BCUT2D eigenvalue weighted by Gasteiger charge is -2.16. The van der Waals surface area contributed by atoms with Gasteiger partial charge in [0.25, 0.3) is 0 Å². The minimum absolute atomic E-state index is 0.283. The Morgan fingerprint density at radius 3 is 2.48 bits per heavy atom. The van der Waals surface area contributed by atoms with Gasteiger partial charge in [-0.2, -0.15) is 4.31 Å². The Kier molecular flexibility index (Phi) is 4.70. The van der Waals surface area contributed by atoms with Crippen molar-refractivity contribution >= 4 is 15.7 Å². The Labute approximate surface area is 135 Å². The third-order valence-corrected chi connectivity index (χ3v) is 5.84. The summed E-state index contributed by atoms with van der Waals surface area (Å²) in [6.45, 7) is 1.47. The number of nitrogens with one attached hydrogen (secondary N) is 1. The summed E-state index contributed by atoms with van der Waals surface area (Å²) in [7, 11) is -3.38. The molecule has 2 N–H and O–H groups in total. The fraction of sp³-hybridized carbons (Fsp3) is 0.375. The van der Waals surface area contributed by atoms with Crippen molar-refractivity contribution in [1.82, 2.24) is 4.31 Å². The van der Waals surface area contributed by atoms with Crippen molar-refractivity contribution in [1.29, 1.82) is 0 Å². The van der Waals surface area contributed by atoms with Crippen LogP contribution in [-0.2, 0) is 10.0 Å². The van der Waals surface area contributed by atoms with Gasteiger partial charge < -0.3 is 14.8 Å². The molecule has 1 fully saturated rings. The standard InChI is InChI=1S/C16H20N2O4S/c19-15(16-4-3-11-22-16)12-17-13-5-7-14(8-6-13)23(20,21)18-9-1-2-10-18/h3-8,11,15,17,19H,1-2,9-10,12H2. The fourth-order valence-electron chi connectivity index (χ4n) is 2.62. The predicted molar refractivity (Wildman–Crippen MR) is 86.6 cm³/mol. The topological polar surface area (TPSA) is 82.8 Å². The van der Waals surface area contributed by atoms with Gasteiger partial charge in [0.2, 0.25) is 10.0 Å². The van der Waals surface area contributed by atoms with Gasteiger partial charge in [-0.1, -0.05) is 0 Å². The molecular formula is C16H20N2O4S. The van der Waals surface area contributed by atoms with E-state index in [1.807, 2.05) is 0 Å². The van der Waals surface area contributed by atoms with E-state index in [4.69, 9.17) is 4.42 Å². The molecule has 2 heterocycles. The van der Waals surface area contributed by atoms with Gasteiger partial charge in [0.1, 0.15) is 11.9 Å². The third kappa shape index (κ3) is 3.57. The van der Waals surface area contributed by atoms with Crippen molar-refractivity contribution in [2.45, 2.75) is 23.8 Å². The van der Waals surface area contributed by atoms with Gasteiger partial charge in [0.05, 0.1) is 11.2 Å². The maximum absolute atomic E-state index is 12.4. The highest BCUT2D eigenvalue weighted by Gasteiger charge is 2.26. The van der Waals surface area contributed by atoms with Gasteiger partial charge in [-0.25, -0.2) is 8.42 Å². The first-order valence-corrected chi connectivity index (χ1v) is 9.07. The molecule has 3 rings (SSSR count). The third-order valence-electron chi connectivity index (χ3n) is 3.93. The monoisotopic (exact) mass is 336 g/mol. The maximum Gasteiger partial charge on any atom is 0.243 e. The Morgan fingerprint density at radius 2 is 1.87 bits per heavy atom. The van der Waals surface area contributed by atoms with Crippen molar-refractivity contribution in [3.05, 3.63) is 48.4 Å². The van der Waals surface area contributed by atoms with Crippen LogP contribution in [-0.4, -0.2) is 37.5 Å². The van der Waals surface area contributed by atoms with E-state index in [2.05, 4.69) is 5.32 Å². The minimum Gasteiger partial charge on any atom is -0.467 e. The molecule has 6 nitrogen and oxygen atoms in total. The van der Waals surface area contributed by atoms with Crippen LogP contribution < -0.4 is 5.32 Å². The normalized spacial score (nSPS) is 17.3. The summed E-state index contributed by atoms with van der Waals surface area (Å²) in [6, 6.07) is 10.0. The average molecular weight is 336 g/mol. The molecule has 0 saturated carbocycles. The Morgan fingerprint density at radius 1 is 1.17 bits per heavy atom. The van der Waals surface area contributed by atoms with E-state index in [1.54, 1.807) is 36.4 Å². The van der Waals surface area contributed by atoms with E-state index >= 15 is 0 Å². The lowest BCUT2D eigenvalue weighted by molar-refractivity contribution is 0.162. The van der Waals surface area contributed by atoms with Gasteiger partial charge in [-0.15, -0.1) is 0 Å². The number of hydrogen-bond donors (Lipinski definition) is 2.